The number of benzene rings is 3. The van der Waals surface area contributed by atoms with Gasteiger partial charge in [-0.2, -0.15) is 0 Å². The maximum atomic E-state index is 13.1. The van der Waals surface area contributed by atoms with Gasteiger partial charge in [-0.05, 0) is 55.4 Å². The van der Waals surface area contributed by atoms with E-state index in [2.05, 4.69) is 10.6 Å². The van der Waals surface area contributed by atoms with Gasteiger partial charge in [0.1, 0.15) is 12.4 Å². The number of esters is 1. The molecule has 0 fully saturated rings. The highest BCUT2D eigenvalue weighted by atomic mass is 32.1. The molecule has 4 rings (SSSR count). The molecule has 0 amide bonds. The number of hydrogen-bond donors (Lipinski definition) is 2. The third-order valence-corrected chi connectivity index (χ3v) is 5.51. The predicted molar refractivity (Wildman–Crippen MR) is 130 cm³/mol. The topological polar surface area (TPSA) is 59.6 Å². The van der Waals surface area contributed by atoms with Gasteiger partial charge in [0.05, 0.1) is 17.7 Å². The Morgan fingerprint density at radius 3 is 2.50 bits per heavy atom. The third-order valence-electron chi connectivity index (χ3n) is 5.29. The number of allylic oxidation sites excluding steroid dienone is 1. The van der Waals surface area contributed by atoms with Crippen LogP contribution in [0.1, 0.15) is 37.9 Å². The smallest absolute Gasteiger partial charge is 0.338 e. The van der Waals surface area contributed by atoms with Crippen LogP contribution in [0.15, 0.2) is 78.0 Å². The molecule has 0 bridgehead atoms. The number of nitrogens with one attached hydrogen (secondary N) is 2. The number of carbonyl (C=O) groups is 1. The monoisotopic (exact) mass is 446 g/mol. The van der Waals surface area contributed by atoms with Crippen LogP contribution in [0.25, 0.3) is 10.8 Å². The Balaban J connectivity index is 1.83. The second-order valence-electron chi connectivity index (χ2n) is 8.00. The summed E-state index contributed by atoms with van der Waals surface area (Å²) in [4.78, 5) is 13.1. The minimum absolute atomic E-state index is 0.237. The number of rotatable bonds is 6. The summed E-state index contributed by atoms with van der Waals surface area (Å²) in [5.74, 6) is 0.310. The standard InChI is InChI=1S/C26H26N2O3S/c1-16(2)31-25(29)22-17(3)27-26(32)28-24(22)23-20-12-8-7-11-19(20)13-14-21(23)30-15-18-9-5-4-6-10-18/h4-14,16,24H,15H2,1-3H3,(H2,27,28,32). The van der Waals surface area contributed by atoms with E-state index in [0.717, 1.165) is 21.9 Å². The molecule has 3 aromatic rings. The Labute approximate surface area is 193 Å². The van der Waals surface area contributed by atoms with Crippen molar-refractivity contribution in [2.45, 2.75) is 39.5 Å². The van der Waals surface area contributed by atoms with E-state index in [9.17, 15) is 4.79 Å². The molecule has 0 saturated carbocycles. The lowest BCUT2D eigenvalue weighted by Crippen LogP contribution is -2.45. The largest absolute Gasteiger partial charge is 0.489 e. The summed E-state index contributed by atoms with van der Waals surface area (Å²) in [5.41, 5.74) is 3.09. The minimum Gasteiger partial charge on any atom is -0.489 e. The van der Waals surface area contributed by atoms with Gasteiger partial charge in [0, 0.05) is 11.3 Å². The fraction of sp³-hybridized carbons (Fsp3) is 0.231. The fourth-order valence-corrected chi connectivity index (χ4v) is 4.16. The summed E-state index contributed by atoms with van der Waals surface area (Å²) in [7, 11) is 0. The van der Waals surface area contributed by atoms with Crippen molar-refractivity contribution in [1.29, 1.82) is 0 Å². The SMILES string of the molecule is CC1=C(C(=O)OC(C)C)C(c2c(OCc3ccccc3)ccc3ccccc23)NC(=S)N1. The second kappa shape index (κ2) is 9.40. The molecule has 1 atom stereocenters. The summed E-state index contributed by atoms with van der Waals surface area (Å²) < 4.78 is 11.9. The Morgan fingerprint density at radius 1 is 1.03 bits per heavy atom. The first kappa shape index (κ1) is 21.8. The number of carbonyl (C=O) groups excluding carboxylic acids is 1. The van der Waals surface area contributed by atoms with Gasteiger partial charge in [-0.1, -0.05) is 60.7 Å². The van der Waals surface area contributed by atoms with E-state index < -0.39 is 6.04 Å². The molecule has 0 aromatic heterocycles. The van der Waals surface area contributed by atoms with Crippen LogP contribution in [0.2, 0.25) is 0 Å². The van der Waals surface area contributed by atoms with E-state index in [0.29, 0.717) is 28.7 Å². The van der Waals surface area contributed by atoms with Gasteiger partial charge < -0.3 is 20.1 Å². The first-order valence-electron chi connectivity index (χ1n) is 10.6. The van der Waals surface area contributed by atoms with Crippen LogP contribution >= 0.6 is 12.2 Å². The first-order valence-corrected chi connectivity index (χ1v) is 11.0. The molecule has 6 heteroatoms. The lowest BCUT2D eigenvalue weighted by molar-refractivity contribution is -0.143. The van der Waals surface area contributed by atoms with Crippen molar-refractivity contribution < 1.29 is 14.3 Å². The predicted octanol–water partition coefficient (Wildman–Crippen LogP) is 5.16. The molecule has 0 aliphatic carbocycles. The lowest BCUT2D eigenvalue weighted by atomic mass is 9.90. The number of hydrogen-bond acceptors (Lipinski definition) is 4. The quantitative estimate of drug-likeness (QED) is 0.403. The zero-order valence-corrected chi connectivity index (χ0v) is 19.2. The van der Waals surface area contributed by atoms with E-state index >= 15 is 0 Å². The third kappa shape index (κ3) is 4.60. The van der Waals surface area contributed by atoms with Crippen molar-refractivity contribution in [3.63, 3.8) is 0 Å². The van der Waals surface area contributed by atoms with Crippen LogP contribution in [0, 0.1) is 0 Å². The van der Waals surface area contributed by atoms with Crippen molar-refractivity contribution >= 4 is 34.1 Å². The minimum atomic E-state index is -0.508. The Bertz CT molecular complexity index is 1190. The summed E-state index contributed by atoms with van der Waals surface area (Å²) in [6.45, 7) is 5.93. The van der Waals surface area contributed by atoms with Gasteiger partial charge in [0.2, 0.25) is 0 Å². The van der Waals surface area contributed by atoms with Gasteiger partial charge in [-0.3, -0.25) is 0 Å². The first-order chi connectivity index (χ1) is 15.4. The zero-order valence-electron chi connectivity index (χ0n) is 18.3. The Kier molecular flexibility index (Phi) is 6.42. The molecule has 164 valence electrons. The molecule has 2 N–H and O–H groups in total. The molecule has 0 spiro atoms. The average Bonchev–Trinajstić information content (AvgIpc) is 2.76. The van der Waals surface area contributed by atoms with Gasteiger partial charge in [0.15, 0.2) is 5.11 Å². The average molecular weight is 447 g/mol. The van der Waals surface area contributed by atoms with Crippen molar-refractivity contribution in [2.75, 3.05) is 0 Å². The van der Waals surface area contributed by atoms with Crippen LogP contribution in [-0.4, -0.2) is 17.2 Å². The summed E-state index contributed by atoms with van der Waals surface area (Å²) >= 11 is 5.45. The van der Waals surface area contributed by atoms with Crippen molar-refractivity contribution in [2.24, 2.45) is 0 Å². The number of thiocarbonyl (C=S) groups is 1. The highest BCUT2D eigenvalue weighted by molar-refractivity contribution is 7.80. The Hall–Kier alpha value is -3.38. The zero-order chi connectivity index (χ0) is 22.7. The highest BCUT2D eigenvalue weighted by Gasteiger charge is 2.34. The van der Waals surface area contributed by atoms with Crippen LogP contribution in [0.5, 0.6) is 5.75 Å². The summed E-state index contributed by atoms with van der Waals surface area (Å²) in [5, 5.41) is 8.84. The van der Waals surface area contributed by atoms with Gasteiger partial charge in [-0.15, -0.1) is 0 Å². The van der Waals surface area contributed by atoms with E-state index in [1.807, 2.05) is 87.5 Å². The molecule has 1 aliphatic rings. The van der Waals surface area contributed by atoms with Gasteiger partial charge >= 0.3 is 5.97 Å². The molecule has 0 radical (unpaired) electrons. The van der Waals surface area contributed by atoms with E-state index in [1.54, 1.807) is 0 Å². The molecular weight excluding hydrogens is 420 g/mol. The maximum Gasteiger partial charge on any atom is 0.338 e. The molecule has 1 unspecified atom stereocenters. The second-order valence-corrected chi connectivity index (χ2v) is 8.41. The lowest BCUT2D eigenvalue weighted by Gasteiger charge is -2.32. The van der Waals surface area contributed by atoms with E-state index in [4.69, 9.17) is 21.7 Å². The summed E-state index contributed by atoms with van der Waals surface area (Å²) in [6.07, 6.45) is -0.237. The van der Waals surface area contributed by atoms with Gasteiger partial charge in [-0.25, -0.2) is 4.79 Å². The molecular formula is C26H26N2O3S. The molecule has 32 heavy (non-hydrogen) atoms. The molecule has 3 aromatic carbocycles. The van der Waals surface area contributed by atoms with Crippen molar-refractivity contribution in [3.05, 3.63) is 89.1 Å². The normalized spacial score (nSPS) is 16.0. The van der Waals surface area contributed by atoms with Crippen LogP contribution in [-0.2, 0) is 16.1 Å². The fourth-order valence-electron chi connectivity index (χ4n) is 3.89. The maximum absolute atomic E-state index is 13.1. The van der Waals surface area contributed by atoms with Crippen molar-refractivity contribution in [1.82, 2.24) is 10.6 Å². The van der Waals surface area contributed by atoms with E-state index in [-0.39, 0.29) is 12.1 Å². The van der Waals surface area contributed by atoms with Crippen LogP contribution in [0.4, 0.5) is 0 Å². The molecule has 0 saturated heterocycles. The molecule has 5 nitrogen and oxygen atoms in total. The Morgan fingerprint density at radius 2 is 1.75 bits per heavy atom. The number of ether oxygens (including phenoxy) is 2. The molecule has 1 aliphatic heterocycles. The van der Waals surface area contributed by atoms with Crippen LogP contribution < -0.4 is 15.4 Å². The molecule has 1 heterocycles. The highest BCUT2D eigenvalue weighted by Crippen LogP contribution is 2.39. The van der Waals surface area contributed by atoms with Crippen LogP contribution in [0.3, 0.4) is 0 Å². The van der Waals surface area contributed by atoms with Crippen molar-refractivity contribution in [3.8, 4) is 5.75 Å². The van der Waals surface area contributed by atoms with E-state index in [1.165, 1.54) is 0 Å². The summed E-state index contributed by atoms with van der Waals surface area (Å²) in [6, 6.07) is 21.5. The number of fused-ring (bicyclic) bond motifs is 1. The van der Waals surface area contributed by atoms with Gasteiger partial charge in [0.25, 0.3) is 0 Å².